The number of hydrogen-bond acceptors (Lipinski definition) is 3. The van der Waals surface area contributed by atoms with E-state index in [0.29, 0.717) is 18.5 Å². The summed E-state index contributed by atoms with van der Waals surface area (Å²) in [6.07, 6.45) is 2.83. The number of hydrogen-bond donors (Lipinski definition) is 1. The Bertz CT molecular complexity index is 864. The minimum Gasteiger partial charge on any atom is -0.335 e. The van der Waals surface area contributed by atoms with Crippen molar-refractivity contribution in [3.8, 4) is 0 Å². The van der Waals surface area contributed by atoms with Crippen molar-refractivity contribution in [3.63, 3.8) is 0 Å². The fourth-order valence-corrected chi connectivity index (χ4v) is 3.75. The molecule has 2 N–H and O–H groups in total. The first-order valence-electron chi connectivity index (χ1n) is 8.46. The van der Waals surface area contributed by atoms with Crippen molar-refractivity contribution in [2.45, 2.75) is 39.8 Å². The average molecular weight is 342 g/mol. The van der Waals surface area contributed by atoms with Crippen LogP contribution in [0.4, 0.5) is 0 Å². The van der Waals surface area contributed by atoms with Crippen LogP contribution in [0.15, 0.2) is 46.7 Å². The zero-order valence-electron chi connectivity index (χ0n) is 14.4. The number of aromatic nitrogens is 2. The zero-order valence-corrected chi connectivity index (χ0v) is 15.2. The number of rotatable bonds is 6. The lowest BCUT2D eigenvalue weighted by molar-refractivity contribution is -0.717. The SMILES string of the molecule is CCc1ccc([C@H]([NH2+]Cc2cc(=O)n3ccsc3n2)C(C)C)cc1. The highest BCUT2D eigenvalue weighted by atomic mass is 32.1. The lowest BCUT2D eigenvalue weighted by Crippen LogP contribution is -2.84. The van der Waals surface area contributed by atoms with Gasteiger partial charge in [0.25, 0.3) is 5.56 Å². The van der Waals surface area contributed by atoms with Gasteiger partial charge in [-0.3, -0.25) is 9.20 Å². The lowest BCUT2D eigenvalue weighted by atomic mass is 9.95. The van der Waals surface area contributed by atoms with Crippen molar-refractivity contribution in [3.05, 3.63) is 69.1 Å². The molecule has 0 fully saturated rings. The van der Waals surface area contributed by atoms with Gasteiger partial charge in [0.15, 0.2) is 4.96 Å². The summed E-state index contributed by atoms with van der Waals surface area (Å²) in [6, 6.07) is 10.9. The van der Waals surface area contributed by atoms with Crippen LogP contribution in [-0.4, -0.2) is 9.38 Å². The maximum Gasteiger partial charge on any atom is 0.258 e. The Morgan fingerprint density at radius 2 is 2.00 bits per heavy atom. The molecule has 0 amide bonds. The highest BCUT2D eigenvalue weighted by molar-refractivity contribution is 7.15. The molecule has 3 rings (SSSR count). The van der Waals surface area contributed by atoms with E-state index in [0.717, 1.165) is 17.1 Å². The molecule has 0 saturated heterocycles. The van der Waals surface area contributed by atoms with E-state index in [1.165, 1.54) is 22.5 Å². The van der Waals surface area contributed by atoms with E-state index in [2.05, 4.69) is 55.3 Å². The molecule has 2 heterocycles. The van der Waals surface area contributed by atoms with Gasteiger partial charge in [-0.25, -0.2) is 4.98 Å². The second kappa shape index (κ2) is 7.28. The summed E-state index contributed by atoms with van der Waals surface area (Å²) in [5.74, 6) is 0.504. The van der Waals surface area contributed by atoms with E-state index in [-0.39, 0.29) is 5.56 Å². The maximum absolute atomic E-state index is 12.1. The number of aryl methyl sites for hydroxylation is 1. The molecule has 0 radical (unpaired) electrons. The summed E-state index contributed by atoms with van der Waals surface area (Å²) < 4.78 is 1.59. The molecule has 0 aliphatic rings. The van der Waals surface area contributed by atoms with E-state index in [1.807, 2.05) is 5.38 Å². The van der Waals surface area contributed by atoms with E-state index in [1.54, 1.807) is 16.7 Å². The molecule has 24 heavy (non-hydrogen) atoms. The standard InChI is InChI=1S/C19H23N3OS/c1-4-14-5-7-15(8-6-14)18(13(2)3)20-12-16-11-17(23)22-9-10-24-19(22)21-16/h5-11,13,18,20H,4,12H2,1-3H3/p+1/t18-/m1/s1. The van der Waals surface area contributed by atoms with E-state index >= 15 is 0 Å². The summed E-state index contributed by atoms with van der Waals surface area (Å²) in [5.41, 5.74) is 3.53. The monoisotopic (exact) mass is 342 g/mol. The third-order valence-corrected chi connectivity index (χ3v) is 5.18. The largest absolute Gasteiger partial charge is 0.335 e. The molecule has 0 bridgehead atoms. The van der Waals surface area contributed by atoms with Crippen LogP contribution in [0.5, 0.6) is 0 Å². The van der Waals surface area contributed by atoms with Gasteiger partial charge in [0.2, 0.25) is 0 Å². The minimum absolute atomic E-state index is 0.00181. The molecule has 2 aromatic heterocycles. The van der Waals surface area contributed by atoms with Gasteiger partial charge in [-0.05, 0) is 12.0 Å². The highest BCUT2D eigenvalue weighted by Gasteiger charge is 2.19. The highest BCUT2D eigenvalue weighted by Crippen LogP contribution is 2.18. The Balaban J connectivity index is 1.78. The number of nitrogens with two attached hydrogens (primary N) is 1. The normalized spacial score (nSPS) is 12.8. The molecule has 0 aliphatic carbocycles. The maximum atomic E-state index is 12.1. The molecule has 0 spiro atoms. The molecule has 0 aliphatic heterocycles. The predicted octanol–water partition coefficient (Wildman–Crippen LogP) is 2.78. The first-order valence-corrected chi connectivity index (χ1v) is 9.34. The van der Waals surface area contributed by atoms with E-state index < -0.39 is 0 Å². The Labute approximate surface area is 146 Å². The number of thiazole rings is 1. The Morgan fingerprint density at radius 1 is 1.25 bits per heavy atom. The molecule has 126 valence electrons. The Kier molecular flexibility index (Phi) is 5.11. The Morgan fingerprint density at radius 3 is 2.67 bits per heavy atom. The first-order chi connectivity index (χ1) is 11.6. The summed E-state index contributed by atoms with van der Waals surface area (Å²) in [7, 11) is 0. The van der Waals surface area contributed by atoms with Crippen LogP contribution in [0.3, 0.4) is 0 Å². The van der Waals surface area contributed by atoms with Crippen LogP contribution in [0.1, 0.15) is 43.6 Å². The second-order valence-corrected chi connectivity index (χ2v) is 7.32. The Hall–Kier alpha value is -1.98. The van der Waals surface area contributed by atoms with E-state index in [4.69, 9.17) is 0 Å². The quantitative estimate of drug-likeness (QED) is 0.749. The van der Waals surface area contributed by atoms with Crippen LogP contribution in [0, 0.1) is 5.92 Å². The smallest absolute Gasteiger partial charge is 0.258 e. The molecule has 0 saturated carbocycles. The number of quaternary nitrogens is 1. The molecule has 1 aromatic carbocycles. The van der Waals surface area contributed by atoms with Gasteiger partial charge < -0.3 is 5.32 Å². The number of nitrogens with zero attached hydrogens (tertiary/aromatic N) is 2. The van der Waals surface area contributed by atoms with Crippen molar-refractivity contribution in [2.24, 2.45) is 5.92 Å². The average Bonchev–Trinajstić information content (AvgIpc) is 3.04. The summed E-state index contributed by atoms with van der Waals surface area (Å²) in [5, 5.41) is 4.18. The first kappa shape index (κ1) is 16.9. The molecular weight excluding hydrogens is 318 g/mol. The number of benzene rings is 1. The molecule has 5 heteroatoms. The van der Waals surface area contributed by atoms with Crippen molar-refractivity contribution in [1.29, 1.82) is 0 Å². The fraction of sp³-hybridized carbons (Fsp3) is 0.368. The van der Waals surface area contributed by atoms with Crippen LogP contribution < -0.4 is 10.9 Å². The van der Waals surface area contributed by atoms with Gasteiger partial charge in [0, 0.05) is 29.1 Å². The fourth-order valence-electron chi connectivity index (χ4n) is 3.01. The predicted molar refractivity (Wildman–Crippen MR) is 98.4 cm³/mol. The summed E-state index contributed by atoms with van der Waals surface area (Å²) in [6.45, 7) is 7.35. The molecule has 3 aromatic rings. The van der Waals surface area contributed by atoms with Gasteiger partial charge in [0.1, 0.15) is 18.3 Å². The second-order valence-electron chi connectivity index (χ2n) is 6.45. The third-order valence-electron chi connectivity index (χ3n) is 4.43. The van der Waals surface area contributed by atoms with Crippen LogP contribution in [-0.2, 0) is 13.0 Å². The van der Waals surface area contributed by atoms with Crippen LogP contribution >= 0.6 is 11.3 Å². The van der Waals surface area contributed by atoms with Crippen molar-refractivity contribution < 1.29 is 5.32 Å². The lowest BCUT2D eigenvalue weighted by Gasteiger charge is -2.19. The molecular formula is C19H24N3OS+. The summed E-state index contributed by atoms with van der Waals surface area (Å²) >= 11 is 1.49. The summed E-state index contributed by atoms with van der Waals surface area (Å²) in [4.78, 5) is 17.5. The topological polar surface area (TPSA) is 51.0 Å². The van der Waals surface area contributed by atoms with Gasteiger partial charge in [-0.15, -0.1) is 11.3 Å². The van der Waals surface area contributed by atoms with Crippen LogP contribution in [0.25, 0.3) is 4.96 Å². The van der Waals surface area contributed by atoms with Crippen LogP contribution in [0.2, 0.25) is 0 Å². The minimum atomic E-state index is -0.00181. The zero-order chi connectivity index (χ0) is 17.1. The van der Waals surface area contributed by atoms with Gasteiger partial charge >= 0.3 is 0 Å². The van der Waals surface area contributed by atoms with Gasteiger partial charge in [0.05, 0.1) is 0 Å². The molecule has 4 nitrogen and oxygen atoms in total. The van der Waals surface area contributed by atoms with Crippen molar-refractivity contribution >= 4 is 16.3 Å². The third kappa shape index (κ3) is 3.57. The number of fused-ring (bicyclic) bond motifs is 1. The van der Waals surface area contributed by atoms with Crippen molar-refractivity contribution in [1.82, 2.24) is 9.38 Å². The molecule has 0 unspecified atom stereocenters. The van der Waals surface area contributed by atoms with E-state index in [9.17, 15) is 4.79 Å². The molecule has 1 atom stereocenters. The van der Waals surface area contributed by atoms with Gasteiger partial charge in [-0.1, -0.05) is 45.0 Å². The van der Waals surface area contributed by atoms with Gasteiger partial charge in [-0.2, -0.15) is 0 Å². The van der Waals surface area contributed by atoms with Crippen molar-refractivity contribution in [2.75, 3.05) is 0 Å².